The summed E-state index contributed by atoms with van der Waals surface area (Å²) in [6.07, 6.45) is 6.35. The van der Waals surface area contributed by atoms with E-state index in [1.807, 2.05) is 18.7 Å². The largest absolute Gasteiger partial charge is 0.389 e. The Morgan fingerprint density at radius 1 is 1.65 bits per heavy atom. The highest BCUT2D eigenvalue weighted by Gasteiger charge is 2.41. The molecule has 4 nitrogen and oxygen atoms in total. The van der Waals surface area contributed by atoms with Crippen molar-refractivity contribution in [3.63, 3.8) is 0 Å². The number of aromatic nitrogens is 2. The first kappa shape index (κ1) is 12.6. The predicted octanol–water partition coefficient (Wildman–Crippen LogP) is 1.73. The Hall–Kier alpha value is -0.880. The van der Waals surface area contributed by atoms with Gasteiger partial charge in [0.15, 0.2) is 0 Å². The van der Waals surface area contributed by atoms with Gasteiger partial charge in [0.05, 0.1) is 5.56 Å². The minimum Gasteiger partial charge on any atom is -0.389 e. The SMILES string of the molecule is CSC1(CNc2nc(C)ncc2C(N)=S)CC1. The van der Waals surface area contributed by atoms with E-state index in [4.69, 9.17) is 18.0 Å². The highest BCUT2D eigenvalue weighted by atomic mass is 32.2. The molecule has 2 rings (SSSR count). The van der Waals surface area contributed by atoms with Gasteiger partial charge in [-0.05, 0) is 26.0 Å². The number of hydrogen-bond donors (Lipinski definition) is 2. The highest BCUT2D eigenvalue weighted by Crippen LogP contribution is 2.47. The van der Waals surface area contributed by atoms with Crippen LogP contribution in [0.4, 0.5) is 5.82 Å². The fraction of sp³-hybridized carbons (Fsp3) is 0.545. The Morgan fingerprint density at radius 2 is 2.35 bits per heavy atom. The van der Waals surface area contributed by atoms with Crippen LogP contribution >= 0.6 is 24.0 Å². The average Bonchev–Trinajstić information content (AvgIpc) is 3.07. The predicted molar refractivity (Wildman–Crippen MR) is 76.6 cm³/mol. The first-order valence-electron chi connectivity index (χ1n) is 5.49. The van der Waals surface area contributed by atoms with Gasteiger partial charge in [0.25, 0.3) is 0 Å². The molecule has 0 radical (unpaired) electrons. The second-order valence-electron chi connectivity index (χ2n) is 4.28. The molecule has 1 saturated carbocycles. The quantitative estimate of drug-likeness (QED) is 0.793. The Labute approximate surface area is 111 Å². The lowest BCUT2D eigenvalue weighted by atomic mass is 10.3. The molecule has 0 bridgehead atoms. The van der Waals surface area contributed by atoms with Crippen LogP contribution in [0.3, 0.4) is 0 Å². The molecule has 0 aliphatic heterocycles. The summed E-state index contributed by atoms with van der Waals surface area (Å²) in [4.78, 5) is 8.81. The smallest absolute Gasteiger partial charge is 0.140 e. The summed E-state index contributed by atoms with van der Waals surface area (Å²) in [6, 6.07) is 0. The van der Waals surface area contributed by atoms with Crippen molar-refractivity contribution in [1.29, 1.82) is 0 Å². The number of thiocarbonyl (C=S) groups is 1. The first-order valence-corrected chi connectivity index (χ1v) is 7.12. The molecule has 1 aliphatic carbocycles. The Kier molecular flexibility index (Phi) is 3.53. The van der Waals surface area contributed by atoms with Crippen LogP contribution in [-0.2, 0) is 0 Å². The van der Waals surface area contributed by atoms with E-state index < -0.39 is 0 Å². The van der Waals surface area contributed by atoms with Crippen molar-refractivity contribution in [2.24, 2.45) is 5.73 Å². The van der Waals surface area contributed by atoms with Gasteiger partial charge in [-0.15, -0.1) is 0 Å². The molecule has 0 amide bonds. The van der Waals surface area contributed by atoms with Crippen molar-refractivity contribution in [2.75, 3.05) is 18.1 Å². The van der Waals surface area contributed by atoms with Gasteiger partial charge in [-0.25, -0.2) is 9.97 Å². The lowest BCUT2D eigenvalue weighted by molar-refractivity contribution is 0.928. The van der Waals surface area contributed by atoms with Gasteiger partial charge in [-0.3, -0.25) is 0 Å². The van der Waals surface area contributed by atoms with Crippen molar-refractivity contribution < 1.29 is 0 Å². The highest BCUT2D eigenvalue weighted by molar-refractivity contribution is 8.00. The summed E-state index contributed by atoms with van der Waals surface area (Å²) in [7, 11) is 0. The summed E-state index contributed by atoms with van der Waals surface area (Å²) in [5.74, 6) is 1.48. The molecule has 1 fully saturated rings. The minimum atomic E-state index is 0.335. The molecule has 0 spiro atoms. The van der Waals surface area contributed by atoms with Gasteiger partial charge in [-0.2, -0.15) is 11.8 Å². The lowest BCUT2D eigenvalue weighted by Gasteiger charge is -2.15. The molecule has 0 aromatic carbocycles. The fourth-order valence-corrected chi connectivity index (χ4v) is 2.50. The maximum absolute atomic E-state index is 5.66. The molecule has 6 heteroatoms. The number of nitrogens with one attached hydrogen (secondary N) is 1. The lowest BCUT2D eigenvalue weighted by Crippen LogP contribution is -2.22. The molecule has 0 saturated heterocycles. The van der Waals surface area contributed by atoms with E-state index in [1.54, 1.807) is 6.20 Å². The third-order valence-corrected chi connectivity index (χ3v) is 4.63. The zero-order chi connectivity index (χ0) is 12.5. The number of rotatable bonds is 5. The van der Waals surface area contributed by atoms with Crippen LogP contribution in [0.15, 0.2) is 6.20 Å². The Bertz CT molecular complexity index is 443. The number of nitrogens with two attached hydrogens (primary N) is 1. The van der Waals surface area contributed by atoms with E-state index in [0.717, 1.165) is 23.8 Å². The average molecular weight is 268 g/mol. The zero-order valence-corrected chi connectivity index (χ0v) is 11.6. The van der Waals surface area contributed by atoms with Gasteiger partial charge < -0.3 is 11.1 Å². The van der Waals surface area contributed by atoms with Crippen molar-refractivity contribution in [1.82, 2.24) is 9.97 Å². The van der Waals surface area contributed by atoms with Crippen molar-refractivity contribution in [3.8, 4) is 0 Å². The molecule has 0 atom stereocenters. The van der Waals surface area contributed by atoms with E-state index in [2.05, 4.69) is 21.5 Å². The molecule has 1 heterocycles. The fourth-order valence-electron chi connectivity index (χ4n) is 1.62. The molecule has 17 heavy (non-hydrogen) atoms. The van der Waals surface area contributed by atoms with Crippen LogP contribution in [0.2, 0.25) is 0 Å². The van der Waals surface area contributed by atoms with Gasteiger partial charge in [-0.1, -0.05) is 12.2 Å². The summed E-state index contributed by atoms with van der Waals surface area (Å²) < 4.78 is 0.381. The molecule has 3 N–H and O–H groups in total. The molecular weight excluding hydrogens is 252 g/mol. The first-order chi connectivity index (χ1) is 8.06. The van der Waals surface area contributed by atoms with Crippen LogP contribution < -0.4 is 11.1 Å². The van der Waals surface area contributed by atoms with Gasteiger partial charge >= 0.3 is 0 Å². The molecule has 1 aromatic rings. The van der Waals surface area contributed by atoms with Gasteiger partial charge in [0, 0.05) is 17.5 Å². The second kappa shape index (κ2) is 4.78. The van der Waals surface area contributed by atoms with Gasteiger partial charge in [0.1, 0.15) is 16.6 Å². The summed E-state index contributed by atoms with van der Waals surface area (Å²) in [5, 5.41) is 3.35. The molecular formula is C11H16N4S2. The number of hydrogen-bond acceptors (Lipinski definition) is 5. The molecule has 1 aliphatic rings. The van der Waals surface area contributed by atoms with Crippen molar-refractivity contribution in [2.45, 2.75) is 24.5 Å². The third kappa shape index (κ3) is 2.87. The Morgan fingerprint density at radius 3 is 2.88 bits per heavy atom. The number of thioether (sulfide) groups is 1. The minimum absolute atomic E-state index is 0.335. The topological polar surface area (TPSA) is 63.8 Å². The molecule has 0 unspecified atom stereocenters. The van der Waals surface area contributed by atoms with Crippen molar-refractivity contribution >= 4 is 34.8 Å². The van der Waals surface area contributed by atoms with Gasteiger partial charge in [0.2, 0.25) is 0 Å². The molecule has 1 aromatic heterocycles. The Balaban J connectivity index is 2.13. The van der Waals surface area contributed by atoms with Crippen LogP contribution in [0.25, 0.3) is 0 Å². The summed E-state index contributed by atoms with van der Waals surface area (Å²) in [5.41, 5.74) is 6.38. The zero-order valence-electron chi connectivity index (χ0n) is 9.99. The monoisotopic (exact) mass is 268 g/mol. The standard InChI is InChI=1S/C11H16N4S2/c1-7-13-5-8(9(12)16)10(15-7)14-6-11(17-2)3-4-11/h5H,3-4,6H2,1-2H3,(H2,12,16)(H,13,14,15). The second-order valence-corrected chi connectivity index (χ2v) is 6.00. The summed E-state index contributed by atoms with van der Waals surface area (Å²) in [6.45, 7) is 2.76. The van der Waals surface area contributed by atoms with Crippen LogP contribution in [0.5, 0.6) is 0 Å². The van der Waals surface area contributed by atoms with E-state index in [0.29, 0.717) is 9.74 Å². The normalized spacial score (nSPS) is 16.6. The maximum atomic E-state index is 5.66. The summed E-state index contributed by atoms with van der Waals surface area (Å²) >= 11 is 6.90. The van der Waals surface area contributed by atoms with Crippen LogP contribution in [-0.4, -0.2) is 32.5 Å². The van der Waals surface area contributed by atoms with E-state index in [9.17, 15) is 0 Å². The number of nitrogens with zero attached hydrogens (tertiary/aromatic N) is 2. The van der Waals surface area contributed by atoms with Crippen LogP contribution in [0.1, 0.15) is 24.2 Å². The van der Waals surface area contributed by atoms with Crippen molar-refractivity contribution in [3.05, 3.63) is 17.6 Å². The van der Waals surface area contributed by atoms with Crippen LogP contribution in [0, 0.1) is 6.92 Å². The molecule has 92 valence electrons. The number of aryl methyl sites for hydroxylation is 1. The van der Waals surface area contributed by atoms with E-state index in [1.165, 1.54) is 12.8 Å². The van der Waals surface area contributed by atoms with E-state index in [-0.39, 0.29) is 0 Å². The maximum Gasteiger partial charge on any atom is 0.140 e. The third-order valence-electron chi connectivity index (χ3n) is 2.99. The number of anilines is 1. The van der Waals surface area contributed by atoms with E-state index >= 15 is 0 Å².